The Kier molecular flexibility index (Phi) is 5.47. The Bertz CT molecular complexity index is 346. The molecule has 1 N–H and O–H groups in total. The molecule has 1 rings (SSSR count). The quantitative estimate of drug-likeness (QED) is 0.834. The average Bonchev–Trinajstić information content (AvgIpc) is 2.23. The van der Waals surface area contributed by atoms with Crippen molar-refractivity contribution in [2.75, 3.05) is 13.2 Å². The molecule has 1 aromatic carbocycles. The topological polar surface area (TPSA) is 21.3 Å². The van der Waals surface area contributed by atoms with Crippen molar-refractivity contribution in [3.63, 3.8) is 0 Å². The zero-order valence-electron chi connectivity index (χ0n) is 11.1. The highest BCUT2D eigenvalue weighted by atomic mass is 79.9. The van der Waals surface area contributed by atoms with Gasteiger partial charge in [0.2, 0.25) is 0 Å². The molecule has 96 valence electrons. The molecule has 0 saturated heterocycles. The molecule has 0 aromatic heterocycles. The van der Waals surface area contributed by atoms with Gasteiger partial charge in [0.15, 0.2) is 0 Å². The third-order valence-electron chi connectivity index (χ3n) is 2.92. The van der Waals surface area contributed by atoms with Crippen molar-refractivity contribution >= 4 is 15.9 Å². The summed E-state index contributed by atoms with van der Waals surface area (Å²) in [5, 5.41) is 3.47. The van der Waals surface area contributed by atoms with Crippen LogP contribution in [0.3, 0.4) is 0 Å². The van der Waals surface area contributed by atoms with E-state index in [-0.39, 0.29) is 5.41 Å². The minimum absolute atomic E-state index is 0.287. The Morgan fingerprint density at radius 2 is 2.06 bits per heavy atom. The highest BCUT2D eigenvalue weighted by molar-refractivity contribution is 9.10. The van der Waals surface area contributed by atoms with E-state index in [1.165, 1.54) is 0 Å². The van der Waals surface area contributed by atoms with Gasteiger partial charge in [0.1, 0.15) is 12.4 Å². The fourth-order valence-corrected chi connectivity index (χ4v) is 1.69. The van der Waals surface area contributed by atoms with Gasteiger partial charge in [-0.2, -0.15) is 0 Å². The first-order valence-corrected chi connectivity index (χ1v) is 6.80. The lowest BCUT2D eigenvalue weighted by atomic mass is 9.88. The van der Waals surface area contributed by atoms with Gasteiger partial charge < -0.3 is 10.1 Å². The Hall–Kier alpha value is -0.540. The van der Waals surface area contributed by atoms with Crippen LogP contribution in [0.5, 0.6) is 5.75 Å². The number of hydrogen-bond donors (Lipinski definition) is 1. The summed E-state index contributed by atoms with van der Waals surface area (Å²) in [6, 6.07) is 8.40. The van der Waals surface area contributed by atoms with Crippen molar-refractivity contribution < 1.29 is 4.74 Å². The average molecular weight is 300 g/mol. The van der Waals surface area contributed by atoms with E-state index in [4.69, 9.17) is 4.74 Å². The van der Waals surface area contributed by atoms with E-state index >= 15 is 0 Å². The maximum atomic E-state index is 5.66. The summed E-state index contributed by atoms with van der Waals surface area (Å²) in [6.07, 6.45) is 0. The summed E-state index contributed by atoms with van der Waals surface area (Å²) in [6.45, 7) is 10.5. The van der Waals surface area contributed by atoms with Gasteiger partial charge in [-0.1, -0.05) is 42.8 Å². The number of rotatable bonds is 5. The first-order chi connectivity index (χ1) is 7.89. The van der Waals surface area contributed by atoms with Gasteiger partial charge in [-0.25, -0.2) is 0 Å². The summed E-state index contributed by atoms with van der Waals surface area (Å²) in [4.78, 5) is 0. The molecular weight excluding hydrogens is 278 g/mol. The second-order valence-corrected chi connectivity index (χ2v) is 6.26. The summed E-state index contributed by atoms with van der Waals surface area (Å²) in [5.74, 6) is 0.907. The van der Waals surface area contributed by atoms with E-state index in [2.05, 4.69) is 48.9 Å². The molecule has 0 amide bonds. The number of halogens is 1. The van der Waals surface area contributed by atoms with Gasteiger partial charge >= 0.3 is 0 Å². The van der Waals surface area contributed by atoms with E-state index in [1.54, 1.807) is 0 Å². The molecule has 0 aliphatic carbocycles. The maximum Gasteiger partial charge on any atom is 0.120 e. The number of nitrogens with one attached hydrogen (secondary N) is 1. The fraction of sp³-hybridized carbons (Fsp3) is 0.571. The molecule has 17 heavy (non-hydrogen) atoms. The SMILES string of the molecule is CC(NCCOc1cccc(Br)c1)C(C)(C)C. The molecule has 0 fully saturated rings. The van der Waals surface area contributed by atoms with Gasteiger partial charge in [-0.15, -0.1) is 0 Å². The Balaban J connectivity index is 2.25. The summed E-state index contributed by atoms with van der Waals surface area (Å²) < 4.78 is 6.70. The van der Waals surface area contributed by atoms with Crippen LogP contribution in [0.15, 0.2) is 28.7 Å². The van der Waals surface area contributed by atoms with Gasteiger partial charge in [0, 0.05) is 17.1 Å². The number of benzene rings is 1. The van der Waals surface area contributed by atoms with Gasteiger partial charge in [0.05, 0.1) is 0 Å². The van der Waals surface area contributed by atoms with E-state index < -0.39 is 0 Å². The van der Waals surface area contributed by atoms with E-state index in [1.807, 2.05) is 24.3 Å². The minimum Gasteiger partial charge on any atom is -0.492 e. The molecule has 0 saturated carbocycles. The van der Waals surface area contributed by atoms with Crippen LogP contribution >= 0.6 is 15.9 Å². The molecule has 0 bridgehead atoms. The van der Waals surface area contributed by atoms with Crippen LogP contribution in [0.25, 0.3) is 0 Å². The highest BCUT2D eigenvalue weighted by Gasteiger charge is 2.18. The van der Waals surface area contributed by atoms with Crippen molar-refractivity contribution in [3.05, 3.63) is 28.7 Å². The largest absolute Gasteiger partial charge is 0.492 e. The van der Waals surface area contributed by atoms with Gasteiger partial charge in [0.25, 0.3) is 0 Å². The van der Waals surface area contributed by atoms with E-state index in [9.17, 15) is 0 Å². The van der Waals surface area contributed by atoms with E-state index in [0.717, 1.165) is 16.8 Å². The van der Waals surface area contributed by atoms with Crippen LogP contribution in [0.2, 0.25) is 0 Å². The molecule has 0 spiro atoms. The summed E-state index contributed by atoms with van der Waals surface area (Å²) in [7, 11) is 0. The monoisotopic (exact) mass is 299 g/mol. The summed E-state index contributed by atoms with van der Waals surface area (Å²) >= 11 is 3.42. The number of hydrogen-bond acceptors (Lipinski definition) is 2. The molecule has 0 radical (unpaired) electrons. The normalized spacial score (nSPS) is 13.5. The Morgan fingerprint density at radius 1 is 1.35 bits per heavy atom. The third kappa shape index (κ3) is 5.55. The zero-order chi connectivity index (χ0) is 12.9. The van der Waals surface area contributed by atoms with Crippen molar-refractivity contribution in [2.45, 2.75) is 33.7 Å². The second-order valence-electron chi connectivity index (χ2n) is 5.35. The van der Waals surface area contributed by atoms with Crippen LogP contribution in [-0.4, -0.2) is 19.2 Å². The van der Waals surface area contributed by atoms with Crippen LogP contribution in [0.1, 0.15) is 27.7 Å². The maximum absolute atomic E-state index is 5.66. The van der Waals surface area contributed by atoms with Gasteiger partial charge in [-0.3, -0.25) is 0 Å². The molecule has 1 atom stereocenters. The molecule has 2 nitrogen and oxygen atoms in total. The molecule has 1 unspecified atom stereocenters. The first-order valence-electron chi connectivity index (χ1n) is 6.01. The lowest BCUT2D eigenvalue weighted by molar-refractivity contribution is 0.254. The van der Waals surface area contributed by atoms with Gasteiger partial charge in [-0.05, 0) is 30.5 Å². The molecule has 0 aliphatic rings. The lowest BCUT2D eigenvalue weighted by Crippen LogP contribution is -2.39. The lowest BCUT2D eigenvalue weighted by Gasteiger charge is -2.28. The van der Waals surface area contributed by atoms with Crippen LogP contribution in [0.4, 0.5) is 0 Å². The fourth-order valence-electron chi connectivity index (χ4n) is 1.31. The second kappa shape index (κ2) is 6.41. The molecular formula is C14H22BrNO. The molecule has 0 heterocycles. The third-order valence-corrected chi connectivity index (χ3v) is 3.41. The zero-order valence-corrected chi connectivity index (χ0v) is 12.7. The van der Waals surface area contributed by atoms with E-state index in [0.29, 0.717) is 12.6 Å². The van der Waals surface area contributed by atoms with Crippen LogP contribution < -0.4 is 10.1 Å². The predicted octanol–water partition coefficient (Wildman–Crippen LogP) is 3.85. The van der Waals surface area contributed by atoms with Crippen molar-refractivity contribution in [3.8, 4) is 5.75 Å². The van der Waals surface area contributed by atoms with Crippen molar-refractivity contribution in [1.29, 1.82) is 0 Å². The minimum atomic E-state index is 0.287. The Morgan fingerprint density at radius 3 is 2.65 bits per heavy atom. The highest BCUT2D eigenvalue weighted by Crippen LogP contribution is 2.19. The number of ether oxygens (including phenoxy) is 1. The molecule has 3 heteroatoms. The van der Waals surface area contributed by atoms with Crippen molar-refractivity contribution in [1.82, 2.24) is 5.32 Å². The van der Waals surface area contributed by atoms with Crippen molar-refractivity contribution in [2.24, 2.45) is 5.41 Å². The van der Waals surface area contributed by atoms with Crippen LogP contribution in [-0.2, 0) is 0 Å². The smallest absolute Gasteiger partial charge is 0.120 e. The Labute approximate surface area is 113 Å². The van der Waals surface area contributed by atoms with Crippen LogP contribution in [0, 0.1) is 5.41 Å². The first kappa shape index (κ1) is 14.5. The predicted molar refractivity (Wildman–Crippen MR) is 76.6 cm³/mol. The molecule has 0 aliphatic heterocycles. The summed E-state index contributed by atoms with van der Waals surface area (Å²) in [5.41, 5.74) is 0.287. The molecule has 1 aromatic rings. The standard InChI is InChI=1S/C14H22BrNO/c1-11(14(2,3)4)16-8-9-17-13-7-5-6-12(15)10-13/h5-7,10-11,16H,8-9H2,1-4H3.